The van der Waals surface area contributed by atoms with Crippen LogP contribution in [0.4, 0.5) is 0 Å². The fourth-order valence-corrected chi connectivity index (χ4v) is 2.47. The number of esters is 2. The highest BCUT2D eigenvalue weighted by atomic mass is 32.2. The van der Waals surface area contributed by atoms with Gasteiger partial charge in [-0.2, -0.15) is 0 Å². The van der Waals surface area contributed by atoms with Crippen LogP contribution in [0.2, 0.25) is 0 Å². The van der Waals surface area contributed by atoms with Crippen LogP contribution in [0.5, 0.6) is 5.75 Å². The minimum Gasteiger partial charge on any atom is -0.740 e. The second-order valence-electron chi connectivity index (χ2n) is 3.93. The van der Waals surface area contributed by atoms with Crippen molar-refractivity contribution in [1.82, 2.24) is 0 Å². The second kappa shape index (κ2) is 5.10. The zero-order valence-electron chi connectivity index (χ0n) is 10.3. The lowest BCUT2D eigenvalue weighted by molar-refractivity contribution is 0.0443. The summed E-state index contributed by atoms with van der Waals surface area (Å²) in [5, 5.41) is 0. The first-order valence-electron chi connectivity index (χ1n) is 5.72. The number of aryl methyl sites for hydroxylation is 1. The summed E-state index contributed by atoms with van der Waals surface area (Å²) >= 11 is -2.74. The largest absolute Gasteiger partial charge is 0.740 e. The molecule has 19 heavy (non-hydrogen) atoms. The average molecular weight is 283 g/mol. The Morgan fingerprint density at radius 1 is 1.21 bits per heavy atom. The van der Waals surface area contributed by atoms with E-state index in [2.05, 4.69) is 8.92 Å². The summed E-state index contributed by atoms with van der Waals surface area (Å²) < 4.78 is 30.6. The number of benzene rings is 1. The molecule has 1 aromatic rings. The normalized spacial score (nSPS) is 15.1. The van der Waals surface area contributed by atoms with Gasteiger partial charge in [0, 0.05) is 5.56 Å². The number of carbonyl (C=O) groups excluding carboxylic acids is 2. The highest BCUT2D eigenvalue weighted by molar-refractivity contribution is 7.74. The van der Waals surface area contributed by atoms with Crippen molar-refractivity contribution >= 4 is 23.3 Å². The average Bonchev–Trinajstić information content (AvgIpc) is 2.64. The van der Waals surface area contributed by atoms with Crippen molar-refractivity contribution in [2.75, 3.05) is 0 Å². The van der Waals surface area contributed by atoms with E-state index in [0.29, 0.717) is 24.0 Å². The Morgan fingerprint density at radius 3 is 2.37 bits per heavy atom. The fourth-order valence-electron chi connectivity index (χ4n) is 2.17. The second-order valence-corrected chi connectivity index (χ2v) is 4.51. The predicted molar refractivity (Wildman–Crippen MR) is 64.5 cm³/mol. The molecule has 1 heterocycles. The Bertz CT molecular complexity index is 592. The zero-order valence-corrected chi connectivity index (χ0v) is 11.2. The smallest absolute Gasteiger partial charge is 0.347 e. The third-order valence-corrected chi connectivity index (χ3v) is 3.28. The van der Waals surface area contributed by atoms with Crippen LogP contribution in [0.15, 0.2) is 6.07 Å². The molecule has 2 rings (SSSR count). The summed E-state index contributed by atoms with van der Waals surface area (Å²) in [7, 11) is 0. The highest BCUT2D eigenvalue weighted by Gasteiger charge is 2.36. The molecule has 0 spiro atoms. The highest BCUT2D eigenvalue weighted by Crippen LogP contribution is 2.35. The number of ether oxygens (including phenoxy) is 1. The van der Waals surface area contributed by atoms with Crippen molar-refractivity contribution in [1.29, 1.82) is 0 Å². The molecule has 0 aromatic heterocycles. The fraction of sp³-hybridized carbons (Fsp3) is 0.333. The number of hydrogen-bond donors (Lipinski definition) is 0. The Kier molecular flexibility index (Phi) is 3.68. The van der Waals surface area contributed by atoms with Crippen molar-refractivity contribution in [2.24, 2.45) is 0 Å². The minimum atomic E-state index is -2.74. The van der Waals surface area contributed by atoms with Crippen LogP contribution in [0.3, 0.4) is 0 Å². The molecule has 0 bridgehead atoms. The van der Waals surface area contributed by atoms with Crippen molar-refractivity contribution in [3.63, 3.8) is 0 Å². The Labute approximate surface area is 112 Å². The van der Waals surface area contributed by atoms with Gasteiger partial charge in [-0.15, -0.1) is 0 Å². The molecule has 0 amide bonds. The van der Waals surface area contributed by atoms with Crippen LogP contribution >= 0.6 is 0 Å². The quantitative estimate of drug-likeness (QED) is 0.469. The standard InChI is InChI=1S/C12H12O6S/c1-3-6-5-8(18-19(15)16)7(4-2)10-9(6)11(13)17-12(10)14/h5H,3-4H2,1-2H3,(H,15,16)/p-1. The first kappa shape index (κ1) is 13.7. The molecule has 1 atom stereocenters. The van der Waals surface area contributed by atoms with E-state index in [1.165, 1.54) is 6.07 Å². The maximum Gasteiger partial charge on any atom is 0.347 e. The molecule has 1 aliphatic rings. The lowest BCUT2D eigenvalue weighted by atomic mass is 9.94. The van der Waals surface area contributed by atoms with E-state index in [-0.39, 0.29) is 16.9 Å². The molecule has 0 fully saturated rings. The van der Waals surface area contributed by atoms with E-state index < -0.39 is 23.3 Å². The summed E-state index contributed by atoms with van der Waals surface area (Å²) in [5.74, 6) is -1.38. The summed E-state index contributed by atoms with van der Waals surface area (Å²) in [5.41, 5.74) is 1.23. The van der Waals surface area contributed by atoms with Gasteiger partial charge in [-0.25, -0.2) is 13.8 Å². The molecular formula is C12H11O6S-. The molecule has 1 unspecified atom stereocenters. The van der Waals surface area contributed by atoms with E-state index in [9.17, 15) is 18.4 Å². The number of carbonyl (C=O) groups is 2. The van der Waals surface area contributed by atoms with Gasteiger partial charge in [0.15, 0.2) is 0 Å². The van der Waals surface area contributed by atoms with Crippen molar-refractivity contribution in [3.8, 4) is 5.75 Å². The number of cyclic esters (lactones) is 2. The molecule has 0 radical (unpaired) electrons. The molecule has 102 valence electrons. The number of hydrogen-bond acceptors (Lipinski definition) is 6. The van der Waals surface area contributed by atoms with Crippen LogP contribution in [-0.4, -0.2) is 20.7 Å². The van der Waals surface area contributed by atoms with Crippen LogP contribution in [0.1, 0.15) is 45.7 Å². The molecule has 1 aliphatic heterocycles. The Morgan fingerprint density at radius 2 is 1.84 bits per heavy atom. The third-order valence-electron chi connectivity index (χ3n) is 2.96. The van der Waals surface area contributed by atoms with Crippen molar-refractivity contribution in [2.45, 2.75) is 26.7 Å². The van der Waals surface area contributed by atoms with Crippen LogP contribution in [0.25, 0.3) is 0 Å². The van der Waals surface area contributed by atoms with Gasteiger partial charge in [-0.1, -0.05) is 13.8 Å². The summed E-state index contributed by atoms with van der Waals surface area (Å²) in [6.45, 7) is 3.52. The maximum atomic E-state index is 11.7. The van der Waals surface area contributed by atoms with Crippen LogP contribution < -0.4 is 4.18 Å². The van der Waals surface area contributed by atoms with Crippen molar-refractivity contribution in [3.05, 3.63) is 28.3 Å². The van der Waals surface area contributed by atoms with Gasteiger partial charge < -0.3 is 13.5 Å². The predicted octanol–water partition coefficient (Wildman–Crippen LogP) is 1.29. The molecule has 0 saturated heterocycles. The topological polar surface area (TPSA) is 92.7 Å². The third kappa shape index (κ3) is 2.26. The van der Waals surface area contributed by atoms with E-state index >= 15 is 0 Å². The van der Waals surface area contributed by atoms with E-state index in [4.69, 9.17) is 0 Å². The molecule has 0 saturated carbocycles. The van der Waals surface area contributed by atoms with E-state index in [0.717, 1.165) is 0 Å². The van der Waals surface area contributed by atoms with Gasteiger partial charge in [-0.3, -0.25) is 0 Å². The molecule has 0 N–H and O–H groups in total. The van der Waals surface area contributed by atoms with E-state index in [1.807, 2.05) is 0 Å². The van der Waals surface area contributed by atoms with Crippen LogP contribution in [-0.2, 0) is 28.9 Å². The molecule has 6 nitrogen and oxygen atoms in total. The minimum absolute atomic E-state index is 0.0677. The SMILES string of the molecule is CCc1cc(OS(=O)[O-])c(CC)c2c1C(=O)OC2=O. The van der Waals surface area contributed by atoms with Gasteiger partial charge in [-0.05, 0) is 24.5 Å². The lowest BCUT2D eigenvalue weighted by Gasteiger charge is -2.15. The Balaban J connectivity index is 2.73. The van der Waals surface area contributed by atoms with E-state index in [1.54, 1.807) is 13.8 Å². The van der Waals surface area contributed by atoms with Gasteiger partial charge >= 0.3 is 11.9 Å². The van der Waals surface area contributed by atoms with Gasteiger partial charge in [0.1, 0.15) is 17.1 Å². The monoisotopic (exact) mass is 283 g/mol. The molecule has 0 aliphatic carbocycles. The van der Waals surface area contributed by atoms with Gasteiger partial charge in [0.05, 0.1) is 11.1 Å². The maximum absolute atomic E-state index is 11.7. The zero-order chi connectivity index (χ0) is 14.2. The molecule has 7 heteroatoms. The number of rotatable bonds is 4. The summed E-state index contributed by atoms with van der Waals surface area (Å²) in [4.78, 5) is 23.4. The molecule has 1 aromatic carbocycles. The van der Waals surface area contributed by atoms with Crippen molar-refractivity contribution < 1.29 is 27.3 Å². The summed E-state index contributed by atoms with van der Waals surface area (Å²) in [6, 6.07) is 1.47. The lowest BCUT2D eigenvalue weighted by Crippen LogP contribution is -2.08. The van der Waals surface area contributed by atoms with Crippen LogP contribution in [0, 0.1) is 0 Å². The van der Waals surface area contributed by atoms with Gasteiger partial charge in [0.25, 0.3) is 0 Å². The van der Waals surface area contributed by atoms with Gasteiger partial charge in [0.2, 0.25) is 0 Å². The first-order chi connectivity index (χ1) is 8.99. The molecular weight excluding hydrogens is 272 g/mol. The number of fused-ring (bicyclic) bond motifs is 1. The summed E-state index contributed by atoms with van der Waals surface area (Å²) in [6.07, 6.45) is 0.803. The first-order valence-corrected chi connectivity index (χ1v) is 6.72. The Hall–Kier alpha value is -1.73.